The van der Waals surface area contributed by atoms with Gasteiger partial charge in [-0.05, 0) is 36.8 Å². The Balaban J connectivity index is 2.16. The molecule has 4 nitrogen and oxygen atoms in total. The Labute approximate surface area is 122 Å². The molecule has 0 amide bonds. The molecular weight excluding hydrogens is 272 g/mol. The number of carboxylic acids is 1. The third-order valence-electron chi connectivity index (χ3n) is 3.14. The van der Waals surface area contributed by atoms with E-state index in [1.54, 1.807) is 23.5 Å². The maximum Gasteiger partial charge on any atom is 0.335 e. The van der Waals surface area contributed by atoms with Gasteiger partial charge in [0.2, 0.25) is 0 Å². The highest BCUT2D eigenvalue weighted by Crippen LogP contribution is 2.26. The molecule has 0 aliphatic heterocycles. The number of thiophene rings is 1. The first-order valence-electron chi connectivity index (χ1n) is 6.42. The third kappa shape index (κ3) is 3.11. The lowest BCUT2D eigenvalue weighted by molar-refractivity contribution is 0.0697. The lowest BCUT2D eigenvalue weighted by Gasteiger charge is -2.20. The Morgan fingerprint density at radius 1 is 1.30 bits per heavy atom. The molecule has 20 heavy (non-hydrogen) atoms. The predicted molar refractivity (Wildman–Crippen MR) is 83.6 cm³/mol. The van der Waals surface area contributed by atoms with Crippen LogP contribution in [0.15, 0.2) is 30.3 Å². The van der Waals surface area contributed by atoms with Crippen LogP contribution in [0.5, 0.6) is 0 Å². The fraction of sp³-hybridized carbons (Fsp3) is 0.267. The molecule has 1 aromatic heterocycles. The number of rotatable bonds is 5. The summed E-state index contributed by atoms with van der Waals surface area (Å²) in [6.45, 7) is 2.91. The third-order valence-corrected chi connectivity index (χ3v) is 4.36. The first kappa shape index (κ1) is 14.4. The van der Waals surface area contributed by atoms with Crippen molar-refractivity contribution in [3.05, 3.63) is 45.6 Å². The lowest BCUT2D eigenvalue weighted by atomic mass is 10.1. The molecule has 0 saturated carbocycles. The summed E-state index contributed by atoms with van der Waals surface area (Å²) in [6.07, 6.45) is 1.05. The Kier molecular flexibility index (Phi) is 4.29. The van der Waals surface area contributed by atoms with Crippen LogP contribution in [0.4, 0.5) is 11.4 Å². The van der Waals surface area contributed by atoms with Crippen molar-refractivity contribution in [1.29, 1.82) is 0 Å². The number of hydrogen-bond donors (Lipinski definition) is 2. The fourth-order valence-electron chi connectivity index (χ4n) is 2.05. The van der Waals surface area contributed by atoms with Crippen molar-refractivity contribution in [2.24, 2.45) is 0 Å². The molecule has 0 aliphatic carbocycles. The van der Waals surface area contributed by atoms with Crippen LogP contribution in [0.25, 0.3) is 0 Å². The van der Waals surface area contributed by atoms with Crippen LogP contribution in [-0.2, 0) is 13.0 Å². The highest BCUT2D eigenvalue weighted by atomic mass is 32.1. The molecule has 1 aromatic carbocycles. The topological polar surface area (TPSA) is 66.6 Å². The van der Waals surface area contributed by atoms with Gasteiger partial charge in [0.05, 0.1) is 23.5 Å². The molecule has 1 heterocycles. The molecule has 0 unspecified atom stereocenters. The summed E-state index contributed by atoms with van der Waals surface area (Å²) in [5.41, 5.74) is 7.49. The quantitative estimate of drug-likeness (QED) is 0.830. The second-order valence-electron chi connectivity index (χ2n) is 4.66. The minimum absolute atomic E-state index is 0.212. The molecule has 0 saturated heterocycles. The van der Waals surface area contributed by atoms with Crippen molar-refractivity contribution in [2.75, 3.05) is 17.7 Å². The summed E-state index contributed by atoms with van der Waals surface area (Å²) in [5, 5.41) is 8.94. The van der Waals surface area contributed by atoms with Gasteiger partial charge in [-0.1, -0.05) is 6.92 Å². The summed E-state index contributed by atoms with van der Waals surface area (Å²) < 4.78 is 0. The Hall–Kier alpha value is -2.01. The number of benzene rings is 1. The van der Waals surface area contributed by atoms with Gasteiger partial charge >= 0.3 is 5.97 Å². The smallest absolute Gasteiger partial charge is 0.335 e. The van der Waals surface area contributed by atoms with Gasteiger partial charge in [-0.15, -0.1) is 11.3 Å². The number of anilines is 2. The van der Waals surface area contributed by atoms with E-state index < -0.39 is 5.97 Å². The van der Waals surface area contributed by atoms with E-state index in [-0.39, 0.29) is 5.56 Å². The number of carbonyl (C=O) groups is 1. The SMILES string of the molecule is CCc1ccc(CN(C)c2ccc(C(=O)O)cc2N)s1. The average Bonchev–Trinajstić information content (AvgIpc) is 2.85. The van der Waals surface area contributed by atoms with Crippen molar-refractivity contribution in [1.82, 2.24) is 0 Å². The largest absolute Gasteiger partial charge is 0.478 e. The van der Waals surface area contributed by atoms with Gasteiger partial charge in [0.15, 0.2) is 0 Å². The van der Waals surface area contributed by atoms with Crippen LogP contribution in [0.2, 0.25) is 0 Å². The summed E-state index contributed by atoms with van der Waals surface area (Å²) in [6, 6.07) is 9.11. The van der Waals surface area contributed by atoms with E-state index in [1.165, 1.54) is 15.8 Å². The number of hydrogen-bond acceptors (Lipinski definition) is 4. The molecule has 0 aliphatic rings. The van der Waals surface area contributed by atoms with E-state index in [0.29, 0.717) is 5.69 Å². The lowest BCUT2D eigenvalue weighted by Crippen LogP contribution is -2.17. The van der Waals surface area contributed by atoms with Crippen LogP contribution in [0.3, 0.4) is 0 Å². The minimum Gasteiger partial charge on any atom is -0.478 e. The van der Waals surface area contributed by atoms with Crippen LogP contribution >= 0.6 is 11.3 Å². The summed E-state index contributed by atoms with van der Waals surface area (Å²) in [5.74, 6) is -0.961. The zero-order valence-corrected chi connectivity index (χ0v) is 12.4. The molecule has 0 spiro atoms. The number of nitrogens with zero attached hydrogens (tertiary/aromatic N) is 1. The van der Waals surface area contributed by atoms with Gasteiger partial charge in [0.1, 0.15) is 0 Å². The van der Waals surface area contributed by atoms with Crippen molar-refractivity contribution >= 4 is 28.7 Å². The zero-order chi connectivity index (χ0) is 14.7. The molecule has 0 bridgehead atoms. The molecule has 2 rings (SSSR count). The summed E-state index contributed by atoms with van der Waals surface area (Å²) >= 11 is 1.79. The van der Waals surface area contributed by atoms with Gasteiger partial charge in [-0.2, -0.15) is 0 Å². The Morgan fingerprint density at radius 3 is 2.55 bits per heavy atom. The zero-order valence-electron chi connectivity index (χ0n) is 11.6. The van der Waals surface area contributed by atoms with Crippen LogP contribution in [-0.4, -0.2) is 18.1 Å². The maximum atomic E-state index is 10.9. The Morgan fingerprint density at radius 2 is 2.00 bits per heavy atom. The van der Waals surface area contributed by atoms with E-state index in [1.807, 2.05) is 11.9 Å². The van der Waals surface area contributed by atoms with Gasteiger partial charge < -0.3 is 15.7 Å². The highest BCUT2D eigenvalue weighted by Gasteiger charge is 2.10. The first-order valence-corrected chi connectivity index (χ1v) is 7.24. The van der Waals surface area contributed by atoms with Gasteiger partial charge in [-0.25, -0.2) is 4.79 Å². The average molecular weight is 290 g/mol. The van der Waals surface area contributed by atoms with Gasteiger partial charge in [-0.3, -0.25) is 0 Å². The number of aryl methyl sites for hydroxylation is 1. The molecular formula is C15H18N2O2S. The van der Waals surface area contributed by atoms with E-state index >= 15 is 0 Å². The van der Waals surface area contributed by atoms with Crippen molar-refractivity contribution < 1.29 is 9.90 Å². The van der Waals surface area contributed by atoms with E-state index in [0.717, 1.165) is 18.7 Å². The van der Waals surface area contributed by atoms with Crippen LogP contribution in [0, 0.1) is 0 Å². The highest BCUT2D eigenvalue weighted by molar-refractivity contribution is 7.12. The molecule has 0 atom stereocenters. The van der Waals surface area contributed by atoms with E-state index in [4.69, 9.17) is 10.8 Å². The fourth-order valence-corrected chi connectivity index (χ4v) is 3.06. The number of carboxylic acid groups (broad SMARTS) is 1. The predicted octanol–water partition coefficient (Wildman–Crippen LogP) is 3.23. The van der Waals surface area contributed by atoms with Gasteiger partial charge in [0.25, 0.3) is 0 Å². The molecule has 0 radical (unpaired) electrons. The normalized spacial score (nSPS) is 10.5. The van der Waals surface area contributed by atoms with Crippen LogP contribution < -0.4 is 10.6 Å². The van der Waals surface area contributed by atoms with Gasteiger partial charge in [0, 0.05) is 16.8 Å². The molecule has 5 heteroatoms. The first-order chi connectivity index (χ1) is 9.51. The number of aromatic carboxylic acids is 1. The molecule has 0 fully saturated rings. The minimum atomic E-state index is -0.961. The standard InChI is InChI=1S/C15H18N2O2S/c1-3-11-5-6-12(20-11)9-17(2)14-7-4-10(15(18)19)8-13(14)16/h4-8H,3,9,16H2,1-2H3,(H,18,19). The Bertz CT molecular complexity index is 622. The summed E-state index contributed by atoms with van der Waals surface area (Å²) in [7, 11) is 1.96. The number of nitrogens with two attached hydrogens (primary N) is 1. The second-order valence-corrected chi connectivity index (χ2v) is 5.91. The van der Waals surface area contributed by atoms with E-state index in [2.05, 4.69) is 19.1 Å². The van der Waals surface area contributed by atoms with Crippen molar-refractivity contribution in [3.8, 4) is 0 Å². The molecule has 2 aromatic rings. The van der Waals surface area contributed by atoms with Crippen molar-refractivity contribution in [2.45, 2.75) is 19.9 Å². The summed E-state index contributed by atoms with van der Waals surface area (Å²) in [4.78, 5) is 15.6. The molecule has 3 N–H and O–H groups in total. The van der Waals surface area contributed by atoms with Crippen molar-refractivity contribution in [3.63, 3.8) is 0 Å². The maximum absolute atomic E-state index is 10.9. The molecule has 106 valence electrons. The number of nitrogen functional groups attached to an aromatic ring is 1. The second kappa shape index (κ2) is 5.96. The van der Waals surface area contributed by atoms with E-state index in [9.17, 15) is 4.79 Å². The monoisotopic (exact) mass is 290 g/mol. The van der Waals surface area contributed by atoms with Crippen LogP contribution in [0.1, 0.15) is 27.0 Å².